The summed E-state index contributed by atoms with van der Waals surface area (Å²) in [7, 11) is 0. The first-order valence-electron chi connectivity index (χ1n) is 12.5. The van der Waals surface area contributed by atoms with Crippen molar-refractivity contribution in [3.05, 3.63) is 133 Å². The lowest BCUT2D eigenvalue weighted by atomic mass is 9.89. The van der Waals surface area contributed by atoms with E-state index < -0.39 is 0 Å². The van der Waals surface area contributed by atoms with Gasteiger partial charge in [0.1, 0.15) is 0 Å². The van der Waals surface area contributed by atoms with Crippen molar-refractivity contribution in [1.29, 1.82) is 0 Å². The fourth-order valence-corrected chi connectivity index (χ4v) is 5.95. The van der Waals surface area contributed by atoms with Crippen LogP contribution in [-0.4, -0.2) is 0 Å². The second-order valence-corrected chi connectivity index (χ2v) is 9.81. The molecule has 166 valence electrons. The van der Waals surface area contributed by atoms with Gasteiger partial charge in [0.2, 0.25) is 0 Å². The molecule has 0 saturated carbocycles. The first-order valence-corrected chi connectivity index (χ1v) is 12.5. The van der Waals surface area contributed by atoms with Gasteiger partial charge >= 0.3 is 0 Å². The van der Waals surface area contributed by atoms with Crippen molar-refractivity contribution in [3.8, 4) is 22.3 Å². The molecule has 8 rings (SSSR count). The van der Waals surface area contributed by atoms with E-state index in [9.17, 15) is 0 Å². The zero-order chi connectivity index (χ0) is 23.6. The average molecular weight is 455 g/mol. The predicted molar refractivity (Wildman–Crippen MR) is 156 cm³/mol. The molecule has 0 saturated heterocycles. The summed E-state index contributed by atoms with van der Waals surface area (Å²) in [6.45, 7) is 0. The maximum Gasteiger partial charge on any atom is -0.00206 e. The van der Waals surface area contributed by atoms with Crippen molar-refractivity contribution in [2.75, 3.05) is 0 Å². The van der Waals surface area contributed by atoms with Gasteiger partial charge in [-0.3, -0.25) is 0 Å². The minimum atomic E-state index is 1.25. The summed E-state index contributed by atoms with van der Waals surface area (Å²) in [5.74, 6) is 0. The van der Waals surface area contributed by atoms with Crippen LogP contribution in [-0.2, 0) is 0 Å². The molecular formula is C36H22. The van der Waals surface area contributed by atoms with Crippen molar-refractivity contribution in [1.82, 2.24) is 0 Å². The number of benzene rings is 8. The van der Waals surface area contributed by atoms with Crippen molar-refractivity contribution in [2.24, 2.45) is 0 Å². The lowest BCUT2D eigenvalue weighted by Gasteiger charge is -2.14. The van der Waals surface area contributed by atoms with Crippen LogP contribution in [0.3, 0.4) is 0 Å². The molecule has 36 heavy (non-hydrogen) atoms. The summed E-state index contributed by atoms with van der Waals surface area (Å²) in [5, 5.41) is 13.1. The molecule has 8 aromatic rings. The van der Waals surface area contributed by atoms with Crippen LogP contribution < -0.4 is 0 Å². The highest BCUT2D eigenvalue weighted by Gasteiger charge is 2.12. The molecule has 0 heterocycles. The fourth-order valence-electron chi connectivity index (χ4n) is 5.95. The Bertz CT molecular complexity index is 2080. The predicted octanol–water partition coefficient (Wildman–Crippen LogP) is 10.2. The van der Waals surface area contributed by atoms with Crippen LogP contribution in [0.25, 0.3) is 76.1 Å². The zero-order valence-electron chi connectivity index (χ0n) is 19.7. The lowest BCUT2D eigenvalue weighted by Crippen LogP contribution is -1.87. The van der Waals surface area contributed by atoms with E-state index in [2.05, 4.69) is 133 Å². The number of fused-ring (bicyclic) bond motifs is 2. The topological polar surface area (TPSA) is 0 Å². The summed E-state index contributed by atoms with van der Waals surface area (Å²) >= 11 is 0. The Balaban J connectivity index is 1.32. The van der Waals surface area contributed by atoms with Gasteiger partial charge in [-0.15, -0.1) is 0 Å². The van der Waals surface area contributed by atoms with Crippen molar-refractivity contribution in [2.45, 2.75) is 0 Å². The molecule has 8 aromatic carbocycles. The van der Waals surface area contributed by atoms with Crippen LogP contribution in [0, 0.1) is 0 Å². The molecule has 0 bridgehead atoms. The lowest BCUT2D eigenvalue weighted by molar-refractivity contribution is 1.66. The molecule has 0 atom stereocenters. The third-order valence-corrected chi connectivity index (χ3v) is 7.76. The molecule has 0 nitrogen and oxygen atoms in total. The van der Waals surface area contributed by atoms with E-state index in [1.54, 1.807) is 0 Å². The Hall–Kier alpha value is -4.68. The van der Waals surface area contributed by atoms with Gasteiger partial charge in [0.25, 0.3) is 0 Å². The molecular weight excluding hydrogens is 432 g/mol. The number of hydrogen-bond donors (Lipinski definition) is 0. The van der Waals surface area contributed by atoms with Crippen LogP contribution in [0.2, 0.25) is 0 Å². The van der Waals surface area contributed by atoms with Crippen LogP contribution in [0.4, 0.5) is 0 Å². The van der Waals surface area contributed by atoms with Gasteiger partial charge in [0.15, 0.2) is 0 Å². The van der Waals surface area contributed by atoms with Crippen molar-refractivity contribution < 1.29 is 0 Å². The maximum atomic E-state index is 2.35. The molecule has 0 heteroatoms. The molecule has 0 aliphatic rings. The van der Waals surface area contributed by atoms with Crippen molar-refractivity contribution in [3.63, 3.8) is 0 Å². The monoisotopic (exact) mass is 454 g/mol. The summed E-state index contributed by atoms with van der Waals surface area (Å²) in [6, 6.07) is 49.2. The van der Waals surface area contributed by atoms with Gasteiger partial charge in [-0.1, -0.05) is 115 Å². The summed E-state index contributed by atoms with van der Waals surface area (Å²) in [4.78, 5) is 0. The Morgan fingerprint density at radius 2 is 0.778 bits per heavy atom. The highest BCUT2D eigenvalue weighted by Crippen LogP contribution is 2.40. The van der Waals surface area contributed by atoms with Gasteiger partial charge < -0.3 is 0 Å². The first-order chi connectivity index (χ1) is 17.8. The van der Waals surface area contributed by atoms with E-state index in [0.29, 0.717) is 0 Å². The summed E-state index contributed by atoms with van der Waals surface area (Å²) in [5.41, 5.74) is 5.05. The molecule has 0 fully saturated rings. The van der Waals surface area contributed by atoms with Gasteiger partial charge in [0.05, 0.1) is 0 Å². The Morgan fingerprint density at radius 3 is 1.56 bits per heavy atom. The normalized spacial score (nSPS) is 11.9. The minimum absolute atomic E-state index is 1.25. The smallest absolute Gasteiger partial charge is 0.00206 e. The average Bonchev–Trinajstić information content (AvgIpc) is 2.95. The van der Waals surface area contributed by atoms with Gasteiger partial charge in [-0.05, 0) is 94.3 Å². The third-order valence-electron chi connectivity index (χ3n) is 7.76. The van der Waals surface area contributed by atoms with E-state index >= 15 is 0 Å². The van der Waals surface area contributed by atoms with E-state index in [1.165, 1.54) is 76.1 Å². The second-order valence-electron chi connectivity index (χ2n) is 9.81. The fraction of sp³-hybridized carbons (Fsp3) is 0. The first kappa shape index (κ1) is 19.6. The zero-order valence-corrected chi connectivity index (χ0v) is 19.7. The molecule has 0 N–H and O–H groups in total. The highest BCUT2D eigenvalue weighted by atomic mass is 14.2. The second kappa shape index (κ2) is 7.41. The van der Waals surface area contributed by atoms with Gasteiger partial charge in [-0.25, -0.2) is 0 Å². The standard InChI is InChI=1S/C36H22/c1-2-5-28-20-29(13-8-23(28)4-1)30-14-9-24-10-15-31(22-32(24)21-30)33-18-16-27-12-11-25-6-3-7-26-17-19-34(33)36(27)35(25)26/h1-22H. The molecule has 0 unspecified atom stereocenters. The molecule has 0 spiro atoms. The van der Waals surface area contributed by atoms with Crippen LogP contribution in [0.5, 0.6) is 0 Å². The minimum Gasteiger partial charge on any atom is -0.0616 e. The Kier molecular flexibility index (Phi) is 4.03. The summed E-state index contributed by atoms with van der Waals surface area (Å²) < 4.78 is 0. The molecule has 0 aliphatic heterocycles. The quantitative estimate of drug-likeness (QED) is 0.228. The Labute approximate surface area is 209 Å². The van der Waals surface area contributed by atoms with Crippen LogP contribution in [0.1, 0.15) is 0 Å². The summed E-state index contributed by atoms with van der Waals surface area (Å²) in [6.07, 6.45) is 0. The number of hydrogen-bond acceptors (Lipinski definition) is 0. The van der Waals surface area contributed by atoms with E-state index in [4.69, 9.17) is 0 Å². The number of rotatable bonds is 2. The van der Waals surface area contributed by atoms with E-state index in [-0.39, 0.29) is 0 Å². The van der Waals surface area contributed by atoms with Crippen molar-refractivity contribution >= 4 is 53.9 Å². The molecule has 0 aliphatic carbocycles. The Morgan fingerprint density at radius 1 is 0.278 bits per heavy atom. The van der Waals surface area contributed by atoms with E-state index in [1.807, 2.05) is 0 Å². The maximum absolute atomic E-state index is 2.35. The van der Waals surface area contributed by atoms with Gasteiger partial charge in [0, 0.05) is 0 Å². The third kappa shape index (κ3) is 2.88. The largest absolute Gasteiger partial charge is 0.0616 e. The van der Waals surface area contributed by atoms with Gasteiger partial charge in [-0.2, -0.15) is 0 Å². The SMILES string of the molecule is c1ccc2cc(-c3ccc4ccc(-c5ccc6ccc7cccc8ccc5c6c78)cc4c3)ccc2c1. The highest BCUT2D eigenvalue weighted by molar-refractivity contribution is 6.25. The molecule has 0 aromatic heterocycles. The van der Waals surface area contributed by atoms with Crippen LogP contribution >= 0.6 is 0 Å². The molecule has 0 radical (unpaired) electrons. The van der Waals surface area contributed by atoms with E-state index in [0.717, 1.165) is 0 Å². The van der Waals surface area contributed by atoms with Crippen LogP contribution in [0.15, 0.2) is 133 Å². The molecule has 0 amide bonds.